The number of hydrogen-bond donors (Lipinski definition) is 2. The molecule has 0 aliphatic carbocycles. The second kappa shape index (κ2) is 6.87. The SMILES string of the molecule is CSc1cccc(NC(=O)CN2C(=O)NC(C)(c3ccc(C)o3)C2=O)c1. The van der Waals surface area contributed by atoms with E-state index in [0.29, 0.717) is 17.2 Å². The summed E-state index contributed by atoms with van der Waals surface area (Å²) >= 11 is 1.55. The van der Waals surface area contributed by atoms with Gasteiger partial charge in [0.15, 0.2) is 5.54 Å². The van der Waals surface area contributed by atoms with E-state index >= 15 is 0 Å². The van der Waals surface area contributed by atoms with E-state index in [1.54, 1.807) is 43.8 Å². The van der Waals surface area contributed by atoms with Crippen LogP contribution in [0.2, 0.25) is 0 Å². The number of furan rings is 1. The maximum absolute atomic E-state index is 12.7. The van der Waals surface area contributed by atoms with E-state index in [1.807, 2.05) is 24.5 Å². The zero-order chi connectivity index (χ0) is 18.9. The minimum Gasteiger partial charge on any atom is -0.463 e. The summed E-state index contributed by atoms with van der Waals surface area (Å²) < 4.78 is 5.50. The fraction of sp³-hybridized carbons (Fsp3) is 0.278. The van der Waals surface area contributed by atoms with E-state index in [-0.39, 0.29) is 6.54 Å². The lowest BCUT2D eigenvalue weighted by atomic mass is 9.99. The van der Waals surface area contributed by atoms with Crippen LogP contribution in [-0.4, -0.2) is 35.5 Å². The van der Waals surface area contributed by atoms with Crippen molar-refractivity contribution in [3.05, 3.63) is 47.9 Å². The molecule has 2 heterocycles. The summed E-state index contributed by atoms with van der Waals surface area (Å²) in [5, 5.41) is 5.31. The van der Waals surface area contributed by atoms with Crippen LogP contribution in [-0.2, 0) is 15.1 Å². The van der Waals surface area contributed by atoms with Crippen molar-refractivity contribution in [3.8, 4) is 0 Å². The van der Waals surface area contributed by atoms with Crippen LogP contribution in [0.15, 0.2) is 45.7 Å². The number of thioether (sulfide) groups is 1. The summed E-state index contributed by atoms with van der Waals surface area (Å²) in [6.07, 6.45) is 1.94. The van der Waals surface area contributed by atoms with Crippen molar-refractivity contribution < 1.29 is 18.8 Å². The predicted octanol–water partition coefficient (Wildman–Crippen LogP) is 2.72. The van der Waals surface area contributed by atoms with Crippen LogP contribution in [0.1, 0.15) is 18.4 Å². The van der Waals surface area contributed by atoms with E-state index < -0.39 is 23.4 Å². The molecule has 2 N–H and O–H groups in total. The molecule has 26 heavy (non-hydrogen) atoms. The summed E-state index contributed by atoms with van der Waals surface area (Å²) in [6, 6.07) is 10.1. The lowest BCUT2D eigenvalue weighted by Crippen LogP contribution is -2.41. The van der Waals surface area contributed by atoms with Gasteiger partial charge in [-0.2, -0.15) is 0 Å². The van der Waals surface area contributed by atoms with Crippen molar-refractivity contribution in [3.63, 3.8) is 0 Å². The fourth-order valence-corrected chi connectivity index (χ4v) is 3.22. The zero-order valence-electron chi connectivity index (χ0n) is 14.7. The average Bonchev–Trinajstić information content (AvgIpc) is 3.13. The number of imide groups is 1. The molecule has 1 atom stereocenters. The molecular formula is C18H19N3O4S. The van der Waals surface area contributed by atoms with Gasteiger partial charge in [-0.15, -0.1) is 11.8 Å². The van der Waals surface area contributed by atoms with Gasteiger partial charge in [0.05, 0.1) is 0 Å². The number of carbonyl (C=O) groups excluding carboxylic acids is 3. The Kier molecular flexibility index (Phi) is 4.78. The van der Waals surface area contributed by atoms with Crippen LogP contribution < -0.4 is 10.6 Å². The van der Waals surface area contributed by atoms with Crippen molar-refractivity contribution in [2.45, 2.75) is 24.3 Å². The van der Waals surface area contributed by atoms with Crippen molar-refractivity contribution in [1.29, 1.82) is 0 Å². The number of amides is 4. The molecule has 1 aliphatic heterocycles. The first-order valence-corrected chi connectivity index (χ1v) is 9.21. The Bertz CT molecular complexity index is 879. The first-order chi connectivity index (χ1) is 12.3. The Morgan fingerprint density at radius 3 is 2.73 bits per heavy atom. The molecule has 136 valence electrons. The number of aryl methyl sites for hydroxylation is 1. The molecule has 7 nitrogen and oxygen atoms in total. The first-order valence-electron chi connectivity index (χ1n) is 7.98. The molecule has 1 aliphatic rings. The highest BCUT2D eigenvalue weighted by Crippen LogP contribution is 2.30. The predicted molar refractivity (Wildman–Crippen MR) is 97.9 cm³/mol. The molecule has 2 aromatic rings. The van der Waals surface area contributed by atoms with Crippen molar-refractivity contribution in [1.82, 2.24) is 10.2 Å². The summed E-state index contributed by atoms with van der Waals surface area (Å²) in [5.74, 6) is -0.00596. The second-order valence-corrected chi connectivity index (χ2v) is 7.02. The molecule has 3 rings (SSSR count). The third-order valence-electron chi connectivity index (χ3n) is 4.16. The van der Waals surface area contributed by atoms with E-state index in [9.17, 15) is 14.4 Å². The number of benzene rings is 1. The first kappa shape index (κ1) is 18.1. The minimum atomic E-state index is -1.32. The number of anilines is 1. The molecule has 1 aromatic heterocycles. The van der Waals surface area contributed by atoms with Crippen LogP contribution in [0, 0.1) is 6.92 Å². The lowest BCUT2D eigenvalue weighted by molar-refractivity contribution is -0.134. The Morgan fingerprint density at radius 1 is 1.31 bits per heavy atom. The second-order valence-electron chi connectivity index (χ2n) is 6.14. The Balaban J connectivity index is 1.72. The smallest absolute Gasteiger partial charge is 0.325 e. The Hall–Kier alpha value is -2.74. The zero-order valence-corrected chi connectivity index (χ0v) is 15.5. The number of hydrogen-bond acceptors (Lipinski definition) is 5. The van der Waals surface area contributed by atoms with Crippen LogP contribution in [0.4, 0.5) is 10.5 Å². The van der Waals surface area contributed by atoms with E-state index in [2.05, 4.69) is 10.6 Å². The standard InChI is InChI=1S/C18H19N3O4S/c1-11-7-8-14(25-11)18(2)16(23)21(17(24)20-18)10-15(22)19-12-5-4-6-13(9-12)26-3/h4-9H,10H2,1-3H3,(H,19,22)(H,20,24). The van der Waals surface area contributed by atoms with Crippen molar-refractivity contribution >= 4 is 35.3 Å². The maximum Gasteiger partial charge on any atom is 0.325 e. The third kappa shape index (κ3) is 3.32. The van der Waals surface area contributed by atoms with Gasteiger partial charge in [-0.25, -0.2) is 4.79 Å². The van der Waals surface area contributed by atoms with Gasteiger partial charge < -0.3 is 15.1 Å². The Labute approximate surface area is 155 Å². The van der Waals surface area contributed by atoms with Gasteiger partial charge in [-0.3, -0.25) is 14.5 Å². The van der Waals surface area contributed by atoms with Gasteiger partial charge in [-0.05, 0) is 50.4 Å². The number of carbonyl (C=O) groups is 3. The van der Waals surface area contributed by atoms with Crippen molar-refractivity contribution in [2.24, 2.45) is 0 Å². The highest BCUT2D eigenvalue weighted by molar-refractivity contribution is 7.98. The lowest BCUT2D eigenvalue weighted by Gasteiger charge is -2.19. The summed E-state index contributed by atoms with van der Waals surface area (Å²) in [7, 11) is 0. The molecule has 1 fully saturated rings. The summed E-state index contributed by atoms with van der Waals surface area (Å²) in [6.45, 7) is 2.94. The van der Waals surface area contributed by atoms with E-state index in [0.717, 1.165) is 9.80 Å². The minimum absolute atomic E-state index is 0.337. The molecule has 0 saturated carbocycles. The molecule has 8 heteroatoms. The number of urea groups is 1. The highest BCUT2D eigenvalue weighted by Gasteiger charge is 2.51. The van der Waals surface area contributed by atoms with Gasteiger partial charge >= 0.3 is 6.03 Å². The van der Waals surface area contributed by atoms with Gasteiger partial charge in [0.25, 0.3) is 5.91 Å². The summed E-state index contributed by atoms with van der Waals surface area (Å²) in [4.78, 5) is 39.2. The normalized spacial score (nSPS) is 19.6. The molecule has 1 unspecified atom stereocenters. The van der Waals surface area contributed by atoms with E-state index in [1.165, 1.54) is 0 Å². The van der Waals surface area contributed by atoms with Crippen molar-refractivity contribution in [2.75, 3.05) is 18.1 Å². The van der Waals surface area contributed by atoms with Crippen LogP contribution in [0.3, 0.4) is 0 Å². The number of nitrogens with one attached hydrogen (secondary N) is 2. The number of rotatable bonds is 5. The van der Waals surface area contributed by atoms with Gasteiger partial charge in [0, 0.05) is 10.6 Å². The van der Waals surface area contributed by atoms with Gasteiger partial charge in [0.2, 0.25) is 5.91 Å². The fourth-order valence-electron chi connectivity index (χ4n) is 2.76. The topological polar surface area (TPSA) is 91.7 Å². The largest absolute Gasteiger partial charge is 0.463 e. The molecule has 1 aromatic carbocycles. The van der Waals surface area contributed by atoms with E-state index in [4.69, 9.17) is 4.42 Å². The van der Waals surface area contributed by atoms with Crippen LogP contribution >= 0.6 is 11.8 Å². The average molecular weight is 373 g/mol. The van der Waals surface area contributed by atoms with Gasteiger partial charge in [-0.1, -0.05) is 6.07 Å². The van der Waals surface area contributed by atoms with Crippen LogP contribution in [0.5, 0.6) is 0 Å². The van der Waals surface area contributed by atoms with Gasteiger partial charge in [0.1, 0.15) is 18.1 Å². The molecule has 0 bridgehead atoms. The molecule has 0 spiro atoms. The summed E-state index contributed by atoms with van der Waals surface area (Å²) in [5.41, 5.74) is -0.706. The molecular weight excluding hydrogens is 354 g/mol. The number of nitrogens with zero attached hydrogens (tertiary/aromatic N) is 1. The quantitative estimate of drug-likeness (QED) is 0.621. The third-order valence-corrected chi connectivity index (χ3v) is 4.89. The van der Waals surface area contributed by atoms with Crippen LogP contribution in [0.25, 0.3) is 0 Å². The maximum atomic E-state index is 12.7. The highest BCUT2D eigenvalue weighted by atomic mass is 32.2. The monoisotopic (exact) mass is 373 g/mol. The Morgan fingerprint density at radius 2 is 2.08 bits per heavy atom. The molecule has 1 saturated heterocycles. The molecule has 0 radical (unpaired) electrons. The molecule has 4 amide bonds.